The monoisotopic (exact) mass is 598 g/mol. The number of halogens is 2. The molecule has 5 rings (SSSR count). The van der Waals surface area contributed by atoms with Crippen molar-refractivity contribution in [1.82, 2.24) is 19.4 Å². The lowest BCUT2D eigenvalue weighted by Crippen LogP contribution is -2.55. The summed E-state index contributed by atoms with van der Waals surface area (Å²) in [6.45, 7) is 4.23. The van der Waals surface area contributed by atoms with E-state index in [9.17, 15) is 18.0 Å². The Morgan fingerprint density at radius 2 is 1.66 bits per heavy atom. The maximum atomic E-state index is 13.2. The second-order valence-corrected chi connectivity index (χ2v) is 14.0. The summed E-state index contributed by atoms with van der Waals surface area (Å²) in [7, 11) is -3.94. The lowest BCUT2D eigenvalue weighted by atomic mass is 10.1. The zero-order chi connectivity index (χ0) is 26.9. The Morgan fingerprint density at radius 1 is 0.947 bits per heavy atom. The van der Waals surface area contributed by atoms with E-state index in [2.05, 4.69) is 9.62 Å². The Kier molecular flexibility index (Phi) is 8.66. The largest absolute Gasteiger partial charge is 0.337 e. The van der Waals surface area contributed by atoms with Crippen LogP contribution in [0.1, 0.15) is 38.5 Å². The lowest BCUT2D eigenvalue weighted by molar-refractivity contribution is -0.143. The zero-order valence-corrected chi connectivity index (χ0v) is 24.2. The van der Waals surface area contributed by atoms with Crippen LogP contribution in [0.25, 0.3) is 11.1 Å². The highest BCUT2D eigenvalue weighted by Gasteiger charge is 2.36. The molecule has 3 fully saturated rings. The zero-order valence-electron chi connectivity index (χ0n) is 21.1. The average molecular weight is 600 g/mol. The van der Waals surface area contributed by atoms with E-state index in [-0.39, 0.29) is 28.6 Å². The number of nitrogens with zero attached hydrogens (tertiary/aromatic N) is 3. The van der Waals surface area contributed by atoms with Gasteiger partial charge >= 0.3 is 0 Å². The fraction of sp³-hybridized carbons (Fsp3) is 0.538. The van der Waals surface area contributed by atoms with Crippen molar-refractivity contribution in [2.45, 2.75) is 54.8 Å². The predicted octanol–water partition coefficient (Wildman–Crippen LogP) is 4.08. The van der Waals surface area contributed by atoms with Crippen molar-refractivity contribution in [3.8, 4) is 11.1 Å². The van der Waals surface area contributed by atoms with Gasteiger partial charge in [-0.15, -0.1) is 11.3 Å². The van der Waals surface area contributed by atoms with Crippen LogP contribution in [-0.4, -0.2) is 86.3 Å². The molecule has 1 aromatic carbocycles. The summed E-state index contributed by atoms with van der Waals surface area (Å²) in [5, 5.41) is 2.64. The standard InChI is InChI=1S/C26H32Cl2N4O4S2/c27-20-11-18(12-21(28)14-20)19-13-25(37-17-19)38(35,36)29-23-6-4-9-31(26(23)34)16-24(33)32-10-3-5-22(32)15-30-7-1-2-8-30/h11-14,17,22-23,29H,1-10,15-16H2/t22-,23-/m0/s1. The molecule has 0 radical (unpaired) electrons. The highest BCUT2D eigenvalue weighted by Crippen LogP contribution is 2.32. The number of benzene rings is 1. The third kappa shape index (κ3) is 6.37. The maximum Gasteiger partial charge on any atom is 0.250 e. The molecule has 0 bridgehead atoms. The molecule has 12 heteroatoms. The van der Waals surface area contributed by atoms with E-state index in [1.807, 2.05) is 4.90 Å². The van der Waals surface area contributed by atoms with E-state index in [1.165, 1.54) is 17.7 Å². The minimum Gasteiger partial charge on any atom is -0.337 e. The van der Waals surface area contributed by atoms with E-state index in [0.717, 1.165) is 43.8 Å². The van der Waals surface area contributed by atoms with Gasteiger partial charge in [0.1, 0.15) is 10.3 Å². The molecule has 2 amide bonds. The molecule has 4 heterocycles. The number of carbonyl (C=O) groups is 2. The van der Waals surface area contributed by atoms with Crippen molar-refractivity contribution in [2.75, 3.05) is 39.3 Å². The Hall–Kier alpha value is -1.69. The van der Waals surface area contributed by atoms with Crippen LogP contribution in [-0.2, 0) is 19.6 Å². The molecule has 1 N–H and O–H groups in total. The number of sulfonamides is 1. The molecule has 206 valence electrons. The Balaban J connectivity index is 1.22. The summed E-state index contributed by atoms with van der Waals surface area (Å²) in [5.74, 6) is -0.395. The molecular weight excluding hydrogens is 567 g/mol. The molecule has 8 nitrogen and oxygen atoms in total. The first-order valence-electron chi connectivity index (χ1n) is 13.1. The molecule has 3 aliphatic rings. The highest BCUT2D eigenvalue weighted by molar-refractivity contribution is 7.91. The Morgan fingerprint density at radius 3 is 2.39 bits per heavy atom. The minimum absolute atomic E-state index is 0.00770. The molecule has 0 unspecified atom stereocenters. The lowest BCUT2D eigenvalue weighted by Gasteiger charge is -2.34. The van der Waals surface area contributed by atoms with Gasteiger partial charge in [0.2, 0.25) is 11.8 Å². The summed E-state index contributed by atoms with van der Waals surface area (Å²) in [6.07, 6.45) is 5.41. The van der Waals surface area contributed by atoms with Crippen molar-refractivity contribution in [2.24, 2.45) is 0 Å². The van der Waals surface area contributed by atoms with Crippen molar-refractivity contribution in [1.29, 1.82) is 0 Å². The van der Waals surface area contributed by atoms with Crippen molar-refractivity contribution >= 4 is 56.4 Å². The van der Waals surface area contributed by atoms with Crippen LogP contribution < -0.4 is 4.72 Å². The van der Waals surface area contributed by atoms with E-state index < -0.39 is 16.1 Å². The summed E-state index contributed by atoms with van der Waals surface area (Å²) >= 11 is 13.3. The first-order valence-corrected chi connectivity index (χ1v) is 16.2. The molecule has 3 aliphatic heterocycles. The fourth-order valence-electron chi connectivity index (χ4n) is 5.65. The second kappa shape index (κ2) is 11.8. The maximum absolute atomic E-state index is 13.2. The summed E-state index contributed by atoms with van der Waals surface area (Å²) in [4.78, 5) is 32.3. The van der Waals surface area contributed by atoms with Crippen molar-refractivity contribution < 1.29 is 18.0 Å². The van der Waals surface area contributed by atoms with Gasteiger partial charge < -0.3 is 14.7 Å². The number of thiophene rings is 1. The van der Waals surface area contributed by atoms with E-state index in [1.54, 1.807) is 29.6 Å². The predicted molar refractivity (Wildman–Crippen MR) is 150 cm³/mol. The fourth-order valence-corrected chi connectivity index (χ4v) is 8.61. The van der Waals surface area contributed by atoms with Crippen LogP contribution in [0.3, 0.4) is 0 Å². The van der Waals surface area contributed by atoms with E-state index in [4.69, 9.17) is 23.2 Å². The number of nitrogens with one attached hydrogen (secondary N) is 1. The Labute approximate surface area is 237 Å². The van der Waals surface area contributed by atoms with Crippen LogP contribution in [0.5, 0.6) is 0 Å². The van der Waals surface area contributed by atoms with Gasteiger partial charge in [-0.05, 0) is 92.4 Å². The molecule has 2 aromatic rings. The molecule has 2 atom stereocenters. The number of carbonyl (C=O) groups excluding carboxylic acids is 2. The third-order valence-electron chi connectivity index (χ3n) is 7.56. The van der Waals surface area contributed by atoms with Crippen LogP contribution in [0.2, 0.25) is 10.0 Å². The number of hydrogen-bond donors (Lipinski definition) is 1. The second-order valence-electron chi connectivity index (χ2n) is 10.3. The highest BCUT2D eigenvalue weighted by atomic mass is 35.5. The molecule has 3 saturated heterocycles. The van der Waals surface area contributed by atoms with Crippen LogP contribution in [0.15, 0.2) is 33.9 Å². The first-order chi connectivity index (χ1) is 18.2. The summed E-state index contributed by atoms with van der Waals surface area (Å²) in [5.41, 5.74) is 1.39. The van der Waals surface area contributed by atoms with Crippen LogP contribution in [0, 0.1) is 0 Å². The van der Waals surface area contributed by atoms with Crippen LogP contribution >= 0.6 is 34.5 Å². The van der Waals surface area contributed by atoms with E-state index in [0.29, 0.717) is 47.1 Å². The van der Waals surface area contributed by atoms with Gasteiger partial charge in [0.15, 0.2) is 0 Å². The summed E-state index contributed by atoms with van der Waals surface area (Å²) in [6, 6.07) is 5.89. The van der Waals surface area contributed by atoms with Gasteiger partial charge in [-0.3, -0.25) is 9.59 Å². The van der Waals surface area contributed by atoms with Gasteiger partial charge in [-0.25, -0.2) is 8.42 Å². The average Bonchev–Trinajstić information content (AvgIpc) is 3.63. The van der Waals surface area contributed by atoms with Crippen molar-refractivity contribution in [3.05, 3.63) is 39.7 Å². The van der Waals surface area contributed by atoms with Gasteiger partial charge in [0.25, 0.3) is 10.0 Å². The number of hydrogen-bond acceptors (Lipinski definition) is 6. The van der Waals surface area contributed by atoms with E-state index >= 15 is 0 Å². The molecule has 1 aromatic heterocycles. The molecular formula is C26H32Cl2N4O4S2. The number of piperidine rings is 1. The Bertz CT molecular complexity index is 1280. The minimum atomic E-state index is -3.94. The molecule has 0 aliphatic carbocycles. The molecule has 38 heavy (non-hydrogen) atoms. The van der Waals surface area contributed by atoms with Crippen LogP contribution in [0.4, 0.5) is 0 Å². The molecule has 0 saturated carbocycles. The first kappa shape index (κ1) is 27.9. The normalized spacial score (nSPS) is 22.9. The van der Waals surface area contributed by atoms with Gasteiger partial charge in [-0.2, -0.15) is 4.72 Å². The van der Waals surface area contributed by atoms with Gasteiger partial charge in [-0.1, -0.05) is 23.2 Å². The third-order valence-corrected chi connectivity index (χ3v) is 10.9. The summed E-state index contributed by atoms with van der Waals surface area (Å²) < 4.78 is 29.0. The smallest absolute Gasteiger partial charge is 0.250 e. The van der Waals surface area contributed by atoms with Gasteiger partial charge in [0, 0.05) is 35.7 Å². The SMILES string of the molecule is O=C1[C@@H](NS(=O)(=O)c2cc(-c3cc(Cl)cc(Cl)c3)cs2)CCCN1CC(=O)N1CCC[C@H]1CN1CCCC1. The number of likely N-dealkylation sites (tertiary alicyclic amines) is 3. The van der Waals surface area contributed by atoms with Crippen molar-refractivity contribution in [3.63, 3.8) is 0 Å². The number of amides is 2. The molecule has 0 spiro atoms. The topological polar surface area (TPSA) is 90.0 Å². The number of rotatable bonds is 8. The quantitative estimate of drug-likeness (QED) is 0.494. The van der Waals surface area contributed by atoms with Gasteiger partial charge in [0.05, 0.1) is 6.54 Å².